The van der Waals surface area contributed by atoms with E-state index < -0.39 is 0 Å². The minimum atomic E-state index is -0.294. The molecule has 2 heterocycles. The van der Waals surface area contributed by atoms with Gasteiger partial charge >= 0.3 is 0 Å². The highest BCUT2D eigenvalue weighted by Gasteiger charge is 2.20. The van der Waals surface area contributed by atoms with Gasteiger partial charge in [0.05, 0.1) is 29.2 Å². The van der Waals surface area contributed by atoms with Gasteiger partial charge in [-0.05, 0) is 49.6 Å². The third-order valence-electron chi connectivity index (χ3n) is 3.49. The van der Waals surface area contributed by atoms with E-state index in [0.717, 1.165) is 0 Å². The molecule has 0 saturated heterocycles. The second kappa shape index (κ2) is 7.20. The van der Waals surface area contributed by atoms with E-state index in [1.807, 2.05) is 12.3 Å². The molecule has 25 heavy (non-hydrogen) atoms. The molecule has 0 spiro atoms. The van der Waals surface area contributed by atoms with Crippen LogP contribution in [0.15, 0.2) is 52.1 Å². The van der Waals surface area contributed by atoms with Gasteiger partial charge in [0.1, 0.15) is 5.03 Å². The van der Waals surface area contributed by atoms with E-state index in [1.54, 1.807) is 49.6 Å². The van der Waals surface area contributed by atoms with Crippen LogP contribution in [0.5, 0.6) is 0 Å². The van der Waals surface area contributed by atoms with Crippen LogP contribution in [0.1, 0.15) is 21.6 Å². The zero-order valence-corrected chi connectivity index (χ0v) is 14.4. The fraction of sp³-hybridized carbons (Fsp3) is 0.111. The van der Waals surface area contributed by atoms with E-state index in [9.17, 15) is 4.79 Å². The average molecular weight is 350 g/mol. The number of rotatable bonds is 4. The second-order valence-electron chi connectivity index (χ2n) is 5.14. The molecule has 0 bridgehead atoms. The molecule has 0 fully saturated rings. The fourth-order valence-electron chi connectivity index (χ4n) is 2.29. The van der Waals surface area contributed by atoms with E-state index in [2.05, 4.69) is 15.3 Å². The molecule has 6 nitrogen and oxygen atoms in total. The molecule has 2 aromatic heterocycles. The summed E-state index contributed by atoms with van der Waals surface area (Å²) < 4.78 is 5.33. The zero-order valence-electron chi connectivity index (χ0n) is 13.6. The van der Waals surface area contributed by atoms with Crippen molar-refractivity contribution in [1.29, 1.82) is 5.26 Å². The molecule has 7 heteroatoms. The van der Waals surface area contributed by atoms with Crippen LogP contribution in [0.4, 0.5) is 5.69 Å². The van der Waals surface area contributed by atoms with Gasteiger partial charge in [-0.25, -0.2) is 9.97 Å². The van der Waals surface area contributed by atoms with E-state index >= 15 is 0 Å². The van der Waals surface area contributed by atoms with Crippen LogP contribution in [0.3, 0.4) is 0 Å². The quantitative estimate of drug-likeness (QED) is 0.567. The molecule has 0 aliphatic heterocycles. The summed E-state index contributed by atoms with van der Waals surface area (Å²) >= 11 is 1.37. The van der Waals surface area contributed by atoms with Gasteiger partial charge in [-0.1, -0.05) is 0 Å². The molecule has 1 amide bonds. The summed E-state index contributed by atoms with van der Waals surface area (Å²) in [5.74, 6) is 0.705. The Kier molecular flexibility index (Phi) is 4.82. The maximum Gasteiger partial charge on any atom is 0.260 e. The van der Waals surface area contributed by atoms with Gasteiger partial charge in [-0.3, -0.25) is 4.79 Å². The number of aryl methyl sites for hydroxylation is 1. The van der Waals surface area contributed by atoms with Gasteiger partial charge in [0.25, 0.3) is 5.91 Å². The molecule has 3 rings (SSSR count). The Morgan fingerprint density at radius 2 is 2.00 bits per heavy atom. The lowest BCUT2D eigenvalue weighted by molar-refractivity contribution is 0.102. The van der Waals surface area contributed by atoms with Crippen molar-refractivity contribution in [1.82, 2.24) is 9.97 Å². The van der Waals surface area contributed by atoms with Crippen molar-refractivity contribution in [3.05, 3.63) is 59.5 Å². The minimum absolute atomic E-state index is 0.294. The maximum absolute atomic E-state index is 12.7. The number of nitriles is 1. The lowest BCUT2D eigenvalue weighted by atomic mass is 10.2. The Bertz CT molecular complexity index is 944. The molecule has 0 atom stereocenters. The Labute approximate surface area is 148 Å². The maximum atomic E-state index is 12.7. The monoisotopic (exact) mass is 350 g/mol. The van der Waals surface area contributed by atoms with Crippen molar-refractivity contribution in [2.24, 2.45) is 0 Å². The van der Waals surface area contributed by atoms with Crippen molar-refractivity contribution in [3.8, 4) is 17.7 Å². The summed E-state index contributed by atoms with van der Waals surface area (Å²) in [6.45, 7) is 1.77. The number of carbonyl (C=O) groups is 1. The number of anilines is 1. The molecular weight excluding hydrogens is 336 g/mol. The van der Waals surface area contributed by atoms with Crippen LogP contribution in [-0.2, 0) is 0 Å². The first-order valence-corrected chi connectivity index (χ1v) is 8.63. The standard InChI is InChI=1S/C18H14N4O2S/c1-11-15(17(23)21-13-7-5-12(10-19)6-8-13)18(25-2)22-16(20-11)14-4-3-9-24-14/h3-9H,1-2H3,(H,21,23). The highest BCUT2D eigenvalue weighted by atomic mass is 32.2. The van der Waals surface area contributed by atoms with Crippen molar-refractivity contribution in [3.63, 3.8) is 0 Å². The van der Waals surface area contributed by atoms with Crippen LogP contribution >= 0.6 is 11.8 Å². The third-order valence-corrected chi connectivity index (χ3v) is 4.17. The summed E-state index contributed by atoms with van der Waals surface area (Å²) in [7, 11) is 0. The number of carbonyl (C=O) groups excluding carboxylic acids is 1. The van der Waals surface area contributed by atoms with Gasteiger partial charge in [0, 0.05) is 5.69 Å². The average Bonchev–Trinajstić information content (AvgIpc) is 3.16. The first-order chi connectivity index (χ1) is 12.1. The summed E-state index contributed by atoms with van der Waals surface area (Å²) in [6, 6.07) is 12.2. The molecule has 0 saturated carbocycles. The lowest BCUT2D eigenvalue weighted by Gasteiger charge is -2.11. The van der Waals surface area contributed by atoms with Crippen molar-refractivity contribution in [2.45, 2.75) is 11.9 Å². The van der Waals surface area contributed by atoms with Crippen molar-refractivity contribution in [2.75, 3.05) is 11.6 Å². The fourth-order valence-corrected chi connectivity index (χ4v) is 2.92. The second-order valence-corrected chi connectivity index (χ2v) is 5.93. The Hall–Kier alpha value is -3.11. The third kappa shape index (κ3) is 3.54. The predicted octanol–water partition coefficient (Wildman–Crippen LogP) is 3.89. The van der Waals surface area contributed by atoms with Gasteiger partial charge in [-0.15, -0.1) is 11.8 Å². The lowest BCUT2D eigenvalue weighted by Crippen LogP contribution is -2.16. The van der Waals surface area contributed by atoms with Crippen LogP contribution in [-0.4, -0.2) is 22.1 Å². The number of thioether (sulfide) groups is 1. The summed E-state index contributed by atoms with van der Waals surface area (Å²) in [5.41, 5.74) is 2.12. The molecule has 1 aromatic carbocycles. The smallest absolute Gasteiger partial charge is 0.260 e. The largest absolute Gasteiger partial charge is 0.461 e. The number of aromatic nitrogens is 2. The minimum Gasteiger partial charge on any atom is -0.461 e. The molecular formula is C18H14N4O2S. The molecule has 0 aliphatic carbocycles. The van der Waals surface area contributed by atoms with E-state index in [1.165, 1.54) is 11.8 Å². The van der Waals surface area contributed by atoms with E-state index in [4.69, 9.17) is 9.68 Å². The highest BCUT2D eigenvalue weighted by Crippen LogP contribution is 2.26. The Balaban J connectivity index is 1.92. The number of benzene rings is 1. The summed E-state index contributed by atoms with van der Waals surface area (Å²) in [6.07, 6.45) is 3.41. The predicted molar refractivity (Wildman–Crippen MR) is 95.4 cm³/mol. The number of furan rings is 1. The van der Waals surface area contributed by atoms with Crippen LogP contribution in [0.25, 0.3) is 11.6 Å². The van der Waals surface area contributed by atoms with Crippen LogP contribution < -0.4 is 5.32 Å². The first kappa shape index (κ1) is 16.7. The topological polar surface area (TPSA) is 91.8 Å². The van der Waals surface area contributed by atoms with Crippen LogP contribution in [0, 0.1) is 18.3 Å². The van der Waals surface area contributed by atoms with Gasteiger partial charge in [0.15, 0.2) is 11.6 Å². The highest BCUT2D eigenvalue weighted by molar-refractivity contribution is 7.98. The number of nitrogens with one attached hydrogen (secondary N) is 1. The number of nitrogens with zero attached hydrogens (tertiary/aromatic N) is 3. The number of hydrogen-bond donors (Lipinski definition) is 1. The van der Waals surface area contributed by atoms with E-state index in [-0.39, 0.29) is 5.91 Å². The van der Waals surface area contributed by atoms with Crippen LogP contribution in [0.2, 0.25) is 0 Å². The Morgan fingerprint density at radius 3 is 2.60 bits per heavy atom. The zero-order chi connectivity index (χ0) is 17.8. The molecule has 0 unspecified atom stereocenters. The number of hydrogen-bond acceptors (Lipinski definition) is 6. The Morgan fingerprint density at radius 1 is 1.24 bits per heavy atom. The van der Waals surface area contributed by atoms with E-state index in [0.29, 0.717) is 39.1 Å². The van der Waals surface area contributed by atoms with Crippen molar-refractivity contribution >= 4 is 23.4 Å². The normalized spacial score (nSPS) is 10.3. The first-order valence-electron chi connectivity index (χ1n) is 7.40. The van der Waals surface area contributed by atoms with Gasteiger partial charge in [-0.2, -0.15) is 5.26 Å². The van der Waals surface area contributed by atoms with Gasteiger partial charge in [0.2, 0.25) is 0 Å². The summed E-state index contributed by atoms with van der Waals surface area (Å²) in [4.78, 5) is 21.5. The molecule has 124 valence electrons. The molecule has 1 N–H and O–H groups in total. The SMILES string of the molecule is CSc1nc(-c2ccco2)nc(C)c1C(=O)Nc1ccc(C#N)cc1. The molecule has 3 aromatic rings. The van der Waals surface area contributed by atoms with Gasteiger partial charge < -0.3 is 9.73 Å². The molecule has 0 aliphatic rings. The number of amides is 1. The van der Waals surface area contributed by atoms with Crippen molar-refractivity contribution < 1.29 is 9.21 Å². The molecule has 0 radical (unpaired) electrons. The summed E-state index contributed by atoms with van der Waals surface area (Å²) in [5, 5.41) is 12.2.